The Morgan fingerprint density at radius 3 is 2.49 bits per heavy atom. The molecule has 1 aliphatic carbocycles. The Hall–Kier alpha value is -3.91. The molecule has 2 aromatic carbocycles. The fourth-order valence-electron chi connectivity index (χ4n) is 4.47. The maximum Gasteiger partial charge on any atom is 0.511 e. The average molecular weight is 636 g/mol. The fraction of sp³-hybridized carbons (Fsp3) is 0.393. The lowest BCUT2D eigenvalue weighted by molar-refractivity contribution is -0.179. The summed E-state index contributed by atoms with van der Waals surface area (Å²) in [6.45, 7) is 0.934. The molecule has 0 saturated heterocycles. The smallest absolute Gasteiger partial charge is 0.431 e. The third-order valence-corrected chi connectivity index (χ3v) is 7.13. The van der Waals surface area contributed by atoms with Crippen LogP contribution in [0.4, 0.5) is 4.79 Å². The van der Waals surface area contributed by atoms with Crippen LogP contribution in [0.2, 0.25) is 10.0 Å². The number of hydrogen-bond donors (Lipinski definition) is 3. The number of aromatic nitrogens is 3. The minimum Gasteiger partial charge on any atom is -0.431 e. The molecule has 2 atom stereocenters. The molecular weight excluding hydrogens is 605 g/mol. The van der Waals surface area contributed by atoms with Crippen LogP contribution in [0.3, 0.4) is 0 Å². The van der Waals surface area contributed by atoms with Crippen LogP contribution in [0.15, 0.2) is 48.7 Å². The van der Waals surface area contributed by atoms with Crippen molar-refractivity contribution in [1.29, 1.82) is 0 Å². The summed E-state index contributed by atoms with van der Waals surface area (Å²) in [5, 5.41) is 29.1. The predicted octanol–water partition coefficient (Wildman–Crippen LogP) is 4.37. The molecule has 3 aromatic rings. The van der Waals surface area contributed by atoms with Crippen LogP contribution in [0.25, 0.3) is 11.1 Å². The van der Waals surface area contributed by atoms with Gasteiger partial charge in [0.05, 0.1) is 12.7 Å². The summed E-state index contributed by atoms with van der Waals surface area (Å²) in [5.41, 5.74) is 4.54. The van der Waals surface area contributed by atoms with Crippen LogP contribution in [0.1, 0.15) is 55.1 Å². The first kappa shape index (κ1) is 32.0. The van der Waals surface area contributed by atoms with Crippen molar-refractivity contribution in [3.8, 4) is 11.1 Å². The van der Waals surface area contributed by atoms with E-state index in [0.717, 1.165) is 49.4 Å². The number of halogens is 2. The molecule has 3 N–H and O–H groups in total. The summed E-state index contributed by atoms with van der Waals surface area (Å²) >= 11 is 12.4. The van der Waals surface area contributed by atoms with Crippen LogP contribution in [-0.4, -0.2) is 73.6 Å². The van der Waals surface area contributed by atoms with E-state index in [1.807, 2.05) is 0 Å². The summed E-state index contributed by atoms with van der Waals surface area (Å²) in [5.74, 6) is -1.85. The lowest BCUT2D eigenvalue weighted by Crippen LogP contribution is -2.48. The van der Waals surface area contributed by atoms with Crippen molar-refractivity contribution in [2.75, 3.05) is 6.54 Å². The molecule has 13 nitrogen and oxygen atoms in total. The highest BCUT2D eigenvalue weighted by Crippen LogP contribution is 2.30. The van der Waals surface area contributed by atoms with Crippen molar-refractivity contribution in [3.63, 3.8) is 0 Å². The predicted molar refractivity (Wildman–Crippen MR) is 153 cm³/mol. The van der Waals surface area contributed by atoms with E-state index in [-0.39, 0.29) is 18.3 Å². The summed E-state index contributed by atoms with van der Waals surface area (Å²) in [4.78, 5) is 37.7. The van der Waals surface area contributed by atoms with E-state index in [4.69, 9.17) is 37.4 Å². The Kier molecular flexibility index (Phi) is 11.2. The highest BCUT2D eigenvalue weighted by atomic mass is 35.5. The molecule has 0 radical (unpaired) electrons. The molecule has 0 spiro atoms. The number of nitrogens with zero attached hydrogens (tertiary/aromatic N) is 4. The number of rotatable bonds is 11. The van der Waals surface area contributed by atoms with E-state index in [1.54, 1.807) is 42.5 Å². The number of aliphatic hydroxyl groups is 1. The Balaban J connectivity index is 1.39. The van der Waals surface area contributed by atoms with Gasteiger partial charge >= 0.3 is 12.1 Å². The van der Waals surface area contributed by atoms with Crippen LogP contribution in [0, 0.1) is 0 Å². The van der Waals surface area contributed by atoms with Gasteiger partial charge in [0, 0.05) is 29.1 Å². The molecule has 1 aliphatic rings. The second-order valence-corrected chi connectivity index (χ2v) is 10.8. The average Bonchev–Trinajstić information content (AvgIpc) is 3.41. The maximum atomic E-state index is 12.7. The standard InChI is InChI=1S/C28H31Cl2N5O8/c1-17(42-28(39)43-21-5-3-2-4-6-21)41-27(38)25(36)16-34(32-26(37)24-15-35(40)33-31-24)14-18-7-9-19(10-8-18)22-13-20(29)11-12-23(22)30/h7-13,15,17,21,25,36,40H,2-6,14,16H2,1H3,(H,32,37). The van der Waals surface area contributed by atoms with Gasteiger partial charge in [-0.05, 0) is 60.2 Å². The Morgan fingerprint density at radius 1 is 1.09 bits per heavy atom. The molecule has 1 amide bonds. The van der Waals surface area contributed by atoms with Crippen LogP contribution < -0.4 is 5.43 Å². The van der Waals surface area contributed by atoms with Crippen molar-refractivity contribution in [2.45, 2.75) is 64.1 Å². The molecule has 1 saturated carbocycles. The van der Waals surface area contributed by atoms with Gasteiger partial charge in [0.15, 0.2) is 11.8 Å². The van der Waals surface area contributed by atoms with Crippen molar-refractivity contribution < 1.29 is 38.9 Å². The van der Waals surface area contributed by atoms with Gasteiger partial charge in [-0.1, -0.05) is 58.7 Å². The zero-order valence-electron chi connectivity index (χ0n) is 23.2. The molecule has 0 bridgehead atoms. The second-order valence-electron chi connectivity index (χ2n) is 9.93. The molecule has 230 valence electrons. The molecule has 0 aliphatic heterocycles. The number of esters is 1. The SMILES string of the molecule is CC(OC(=O)OC1CCCCC1)OC(=O)C(O)CN(Cc1ccc(-c2cc(Cl)ccc2Cl)cc1)NC(=O)c1cn(O)nn1. The number of hydrazine groups is 1. The molecule has 1 fully saturated rings. The lowest BCUT2D eigenvalue weighted by atomic mass is 9.98. The molecular formula is C28H31Cl2N5O8. The van der Waals surface area contributed by atoms with Crippen molar-refractivity contribution in [1.82, 2.24) is 25.6 Å². The zero-order valence-corrected chi connectivity index (χ0v) is 24.7. The van der Waals surface area contributed by atoms with Crippen molar-refractivity contribution >= 4 is 41.2 Å². The number of benzene rings is 2. The van der Waals surface area contributed by atoms with Crippen molar-refractivity contribution in [2.24, 2.45) is 0 Å². The van der Waals surface area contributed by atoms with Gasteiger partial charge in [0.2, 0.25) is 6.29 Å². The molecule has 1 aromatic heterocycles. The van der Waals surface area contributed by atoms with E-state index in [2.05, 4.69) is 15.7 Å². The fourth-order valence-corrected chi connectivity index (χ4v) is 4.87. The summed E-state index contributed by atoms with van der Waals surface area (Å²) in [6, 6.07) is 12.3. The minimum absolute atomic E-state index is 0.0344. The molecule has 4 rings (SSSR count). The third kappa shape index (κ3) is 9.55. The zero-order chi connectivity index (χ0) is 30.9. The van der Waals surface area contributed by atoms with E-state index in [0.29, 0.717) is 20.5 Å². The van der Waals surface area contributed by atoms with Gasteiger partial charge in [0.25, 0.3) is 5.91 Å². The van der Waals surface area contributed by atoms with Gasteiger partial charge in [0.1, 0.15) is 6.10 Å². The largest absolute Gasteiger partial charge is 0.511 e. The van der Waals surface area contributed by atoms with Gasteiger partial charge in [-0.15, -0.1) is 5.10 Å². The van der Waals surface area contributed by atoms with Crippen LogP contribution in [0.5, 0.6) is 0 Å². The monoisotopic (exact) mass is 635 g/mol. The first-order valence-electron chi connectivity index (χ1n) is 13.5. The molecule has 2 unspecified atom stereocenters. The summed E-state index contributed by atoms with van der Waals surface area (Å²) in [7, 11) is 0. The van der Waals surface area contributed by atoms with Gasteiger partial charge in [-0.3, -0.25) is 10.2 Å². The van der Waals surface area contributed by atoms with E-state index in [9.17, 15) is 24.7 Å². The number of aliphatic hydroxyl groups excluding tert-OH is 1. The first-order chi connectivity index (χ1) is 20.6. The number of ether oxygens (including phenoxy) is 3. The topological polar surface area (TPSA) is 165 Å². The minimum atomic E-state index is -1.75. The second kappa shape index (κ2) is 15.0. The number of nitrogens with one attached hydrogen (secondary N) is 1. The molecule has 15 heteroatoms. The highest BCUT2D eigenvalue weighted by Gasteiger charge is 2.27. The van der Waals surface area contributed by atoms with Gasteiger partial charge < -0.3 is 24.5 Å². The van der Waals surface area contributed by atoms with Gasteiger partial charge in [-0.25, -0.2) is 14.6 Å². The summed E-state index contributed by atoms with van der Waals surface area (Å²) in [6.07, 6.45) is 1.19. The number of amides is 1. The first-order valence-corrected chi connectivity index (χ1v) is 14.3. The van der Waals surface area contributed by atoms with E-state index in [1.165, 1.54) is 11.9 Å². The highest BCUT2D eigenvalue weighted by molar-refractivity contribution is 6.35. The van der Waals surface area contributed by atoms with E-state index < -0.39 is 37.0 Å². The number of carbonyl (C=O) groups is 3. The third-order valence-electron chi connectivity index (χ3n) is 6.57. The molecule has 1 heterocycles. The van der Waals surface area contributed by atoms with Crippen LogP contribution >= 0.6 is 23.2 Å². The van der Waals surface area contributed by atoms with E-state index >= 15 is 0 Å². The Morgan fingerprint density at radius 2 is 1.81 bits per heavy atom. The normalized spacial score (nSPS) is 15.0. The summed E-state index contributed by atoms with van der Waals surface area (Å²) < 4.78 is 15.3. The number of carbonyl (C=O) groups excluding carboxylic acids is 3. The maximum absolute atomic E-state index is 12.7. The Bertz CT molecular complexity index is 1410. The van der Waals surface area contributed by atoms with Gasteiger partial charge in [-0.2, -0.15) is 0 Å². The Labute approximate surface area is 257 Å². The quantitative estimate of drug-likeness (QED) is 0.118. The lowest BCUT2D eigenvalue weighted by Gasteiger charge is -2.26. The number of hydrogen-bond acceptors (Lipinski definition) is 11. The van der Waals surface area contributed by atoms with Crippen LogP contribution in [-0.2, 0) is 25.5 Å². The van der Waals surface area contributed by atoms with Crippen molar-refractivity contribution in [3.05, 3.63) is 70.0 Å². The molecule has 43 heavy (non-hydrogen) atoms.